The van der Waals surface area contributed by atoms with Gasteiger partial charge in [0.25, 0.3) is 0 Å². The minimum Gasteiger partial charge on any atom is -0.497 e. The second-order valence-corrected chi connectivity index (χ2v) is 6.64. The van der Waals surface area contributed by atoms with Crippen LogP contribution >= 0.6 is 11.6 Å². The Bertz CT molecular complexity index is 1130. The third kappa shape index (κ3) is 4.99. The molecule has 3 rings (SSSR count). The lowest BCUT2D eigenvalue weighted by Gasteiger charge is -2.11. The van der Waals surface area contributed by atoms with Crippen molar-refractivity contribution in [1.29, 1.82) is 5.26 Å². The maximum absolute atomic E-state index is 12.5. The Morgan fingerprint density at radius 2 is 1.70 bits per heavy atom. The van der Waals surface area contributed by atoms with Gasteiger partial charge in [0.15, 0.2) is 11.5 Å². The molecule has 150 valence electrons. The molecule has 0 bridgehead atoms. The van der Waals surface area contributed by atoms with Crippen molar-refractivity contribution in [2.24, 2.45) is 0 Å². The van der Waals surface area contributed by atoms with Gasteiger partial charge in [-0.25, -0.2) is 4.79 Å². The van der Waals surface area contributed by atoms with E-state index in [0.29, 0.717) is 27.7 Å². The van der Waals surface area contributed by atoms with E-state index < -0.39 is 5.97 Å². The molecule has 0 fully saturated rings. The van der Waals surface area contributed by atoms with Crippen LogP contribution in [0.1, 0.15) is 21.5 Å². The van der Waals surface area contributed by atoms with Crippen molar-refractivity contribution in [3.05, 3.63) is 88.4 Å². The van der Waals surface area contributed by atoms with E-state index in [1.807, 2.05) is 0 Å². The van der Waals surface area contributed by atoms with Gasteiger partial charge >= 0.3 is 5.97 Å². The molecule has 0 amide bonds. The molecule has 0 aliphatic rings. The van der Waals surface area contributed by atoms with Crippen LogP contribution in [-0.4, -0.2) is 20.2 Å². The molecule has 0 heterocycles. The molecule has 0 saturated carbocycles. The Kier molecular flexibility index (Phi) is 6.74. The zero-order valence-corrected chi connectivity index (χ0v) is 17.1. The van der Waals surface area contributed by atoms with Gasteiger partial charge in [0.05, 0.1) is 31.4 Å². The molecule has 30 heavy (non-hydrogen) atoms. The number of methoxy groups -OCH3 is 2. The summed E-state index contributed by atoms with van der Waals surface area (Å²) < 4.78 is 16.0. The third-order valence-electron chi connectivity index (χ3n) is 4.28. The van der Waals surface area contributed by atoms with Gasteiger partial charge in [0.1, 0.15) is 5.75 Å². The van der Waals surface area contributed by atoms with Crippen LogP contribution in [0.3, 0.4) is 0 Å². The lowest BCUT2D eigenvalue weighted by Crippen LogP contribution is -2.09. The van der Waals surface area contributed by atoms with Crippen molar-refractivity contribution in [3.8, 4) is 23.3 Å². The average molecular weight is 420 g/mol. The molecule has 0 aliphatic carbocycles. The highest BCUT2D eigenvalue weighted by atomic mass is 35.5. The first-order valence-corrected chi connectivity index (χ1v) is 9.34. The summed E-state index contributed by atoms with van der Waals surface area (Å²) in [6, 6.07) is 20.9. The number of esters is 1. The lowest BCUT2D eigenvalue weighted by atomic mass is 10.0. The number of allylic oxidation sites excluding steroid dienone is 1. The minimum absolute atomic E-state index is 0.271. The summed E-state index contributed by atoms with van der Waals surface area (Å²) in [6.07, 6.45) is 1.72. The molecular formula is C24H18ClNO4. The molecule has 0 spiro atoms. The summed E-state index contributed by atoms with van der Waals surface area (Å²) >= 11 is 5.91. The van der Waals surface area contributed by atoms with Gasteiger partial charge < -0.3 is 14.2 Å². The summed E-state index contributed by atoms with van der Waals surface area (Å²) in [5.74, 6) is 0.665. The van der Waals surface area contributed by atoms with E-state index in [9.17, 15) is 10.1 Å². The van der Waals surface area contributed by atoms with Crippen LogP contribution in [0.4, 0.5) is 0 Å². The highest BCUT2D eigenvalue weighted by Gasteiger charge is 2.14. The SMILES string of the molecule is COc1cccc(C(=O)Oc2ccc(/C=C(\C#N)c3ccc(Cl)cc3)cc2OC)c1. The second-order valence-electron chi connectivity index (χ2n) is 6.21. The van der Waals surface area contributed by atoms with Gasteiger partial charge in [-0.05, 0) is 59.7 Å². The van der Waals surface area contributed by atoms with Crippen LogP contribution in [0.2, 0.25) is 5.02 Å². The predicted molar refractivity (Wildman–Crippen MR) is 116 cm³/mol. The van der Waals surface area contributed by atoms with Crippen molar-refractivity contribution >= 4 is 29.2 Å². The van der Waals surface area contributed by atoms with Gasteiger partial charge in [-0.15, -0.1) is 0 Å². The number of halogens is 1. The van der Waals surface area contributed by atoms with Crippen LogP contribution in [0.15, 0.2) is 66.7 Å². The average Bonchev–Trinajstić information content (AvgIpc) is 2.78. The van der Waals surface area contributed by atoms with Crippen molar-refractivity contribution in [1.82, 2.24) is 0 Å². The predicted octanol–water partition coefficient (Wildman–Crippen LogP) is 5.64. The number of benzene rings is 3. The fourth-order valence-electron chi connectivity index (χ4n) is 2.74. The molecule has 0 aliphatic heterocycles. The quantitative estimate of drug-likeness (QED) is 0.224. The highest BCUT2D eigenvalue weighted by Crippen LogP contribution is 2.31. The van der Waals surface area contributed by atoms with Crippen molar-refractivity contribution in [2.45, 2.75) is 0 Å². The van der Waals surface area contributed by atoms with Crippen molar-refractivity contribution < 1.29 is 19.0 Å². The van der Waals surface area contributed by atoms with Gasteiger partial charge in [-0.2, -0.15) is 5.26 Å². The Morgan fingerprint density at radius 1 is 0.933 bits per heavy atom. The first-order valence-electron chi connectivity index (χ1n) is 8.96. The molecule has 6 heteroatoms. The fourth-order valence-corrected chi connectivity index (χ4v) is 2.87. The summed E-state index contributed by atoms with van der Waals surface area (Å²) in [7, 11) is 3.01. The maximum Gasteiger partial charge on any atom is 0.343 e. The zero-order valence-electron chi connectivity index (χ0n) is 16.4. The number of hydrogen-bond acceptors (Lipinski definition) is 5. The molecule has 0 atom stereocenters. The third-order valence-corrected chi connectivity index (χ3v) is 4.53. The largest absolute Gasteiger partial charge is 0.497 e. The molecule has 0 N–H and O–H groups in total. The van der Waals surface area contributed by atoms with Crippen LogP contribution in [0.25, 0.3) is 11.6 Å². The minimum atomic E-state index is -0.533. The van der Waals surface area contributed by atoms with E-state index in [1.165, 1.54) is 14.2 Å². The molecule has 0 radical (unpaired) electrons. The Balaban J connectivity index is 1.86. The van der Waals surface area contributed by atoms with E-state index in [-0.39, 0.29) is 5.75 Å². The number of hydrogen-bond donors (Lipinski definition) is 0. The Morgan fingerprint density at radius 3 is 2.37 bits per heavy atom. The normalized spacial score (nSPS) is 10.8. The van der Waals surface area contributed by atoms with Crippen LogP contribution in [-0.2, 0) is 0 Å². The van der Waals surface area contributed by atoms with Crippen LogP contribution < -0.4 is 14.2 Å². The number of carbonyl (C=O) groups excluding carboxylic acids is 1. The van der Waals surface area contributed by atoms with E-state index in [4.69, 9.17) is 25.8 Å². The van der Waals surface area contributed by atoms with Crippen molar-refractivity contribution in [3.63, 3.8) is 0 Å². The molecule has 3 aromatic rings. The van der Waals surface area contributed by atoms with Crippen LogP contribution in [0, 0.1) is 11.3 Å². The first kappa shape index (κ1) is 21.0. The number of nitriles is 1. The topological polar surface area (TPSA) is 68.5 Å². The van der Waals surface area contributed by atoms with E-state index in [1.54, 1.807) is 72.8 Å². The highest BCUT2D eigenvalue weighted by molar-refractivity contribution is 6.30. The Labute approximate surface area is 179 Å². The van der Waals surface area contributed by atoms with Gasteiger partial charge in [0, 0.05) is 5.02 Å². The molecule has 0 saturated heterocycles. The summed E-state index contributed by atoms with van der Waals surface area (Å²) in [5, 5.41) is 10.1. The fraction of sp³-hybridized carbons (Fsp3) is 0.0833. The Hall–Kier alpha value is -3.75. The second kappa shape index (κ2) is 9.64. The maximum atomic E-state index is 12.5. The number of ether oxygens (including phenoxy) is 3. The summed E-state index contributed by atoms with van der Waals surface area (Å²) in [4.78, 5) is 12.5. The standard InChI is InChI=1S/C24H18ClNO4/c1-28-21-5-3-4-18(14-21)24(27)30-22-11-6-16(13-23(22)29-2)12-19(15-26)17-7-9-20(25)10-8-17/h3-14H,1-2H3/b19-12+. The zero-order chi connectivity index (χ0) is 21.5. The monoisotopic (exact) mass is 419 g/mol. The van der Waals surface area contributed by atoms with Gasteiger partial charge in [-0.1, -0.05) is 35.9 Å². The molecule has 0 aromatic heterocycles. The lowest BCUT2D eigenvalue weighted by molar-refractivity contribution is 0.0729. The smallest absolute Gasteiger partial charge is 0.343 e. The molecule has 0 unspecified atom stereocenters. The summed E-state index contributed by atoms with van der Waals surface area (Å²) in [5.41, 5.74) is 2.29. The van der Waals surface area contributed by atoms with E-state index in [2.05, 4.69) is 6.07 Å². The number of carbonyl (C=O) groups is 1. The van der Waals surface area contributed by atoms with Gasteiger partial charge in [-0.3, -0.25) is 0 Å². The summed E-state index contributed by atoms with van der Waals surface area (Å²) in [6.45, 7) is 0. The van der Waals surface area contributed by atoms with E-state index >= 15 is 0 Å². The van der Waals surface area contributed by atoms with Gasteiger partial charge in [0.2, 0.25) is 0 Å². The number of nitrogens with zero attached hydrogens (tertiary/aromatic N) is 1. The van der Waals surface area contributed by atoms with Crippen molar-refractivity contribution in [2.75, 3.05) is 14.2 Å². The molecule has 3 aromatic carbocycles. The van der Waals surface area contributed by atoms with E-state index in [0.717, 1.165) is 11.1 Å². The first-order chi connectivity index (χ1) is 14.5. The number of rotatable bonds is 6. The van der Waals surface area contributed by atoms with Crippen LogP contribution in [0.5, 0.6) is 17.2 Å². The molecular weight excluding hydrogens is 402 g/mol. The molecule has 5 nitrogen and oxygen atoms in total.